The maximum atomic E-state index is 5.95. The van der Waals surface area contributed by atoms with E-state index < -0.39 is 0 Å². The highest BCUT2D eigenvalue weighted by Crippen LogP contribution is 2.24. The molecule has 0 unspecified atom stereocenters. The van der Waals surface area contributed by atoms with Crippen molar-refractivity contribution in [2.75, 3.05) is 30.0 Å². The van der Waals surface area contributed by atoms with E-state index in [1.54, 1.807) is 12.4 Å². The zero-order valence-electron chi connectivity index (χ0n) is 21.6. The van der Waals surface area contributed by atoms with Gasteiger partial charge in [0, 0.05) is 54.1 Å². The van der Waals surface area contributed by atoms with Crippen LogP contribution in [-0.2, 0) is 6.42 Å². The second-order valence-corrected chi connectivity index (χ2v) is 8.85. The van der Waals surface area contributed by atoms with Crippen LogP contribution < -0.4 is 15.1 Å². The number of nitrogens with zero attached hydrogens (tertiary/aromatic N) is 5. The van der Waals surface area contributed by atoms with Crippen LogP contribution in [0.15, 0.2) is 53.8 Å². The fourth-order valence-corrected chi connectivity index (χ4v) is 4.10. The third-order valence-corrected chi connectivity index (χ3v) is 6.04. The molecule has 0 saturated carbocycles. The quantitative estimate of drug-likeness (QED) is 0.199. The molecular formula is C28H35N7O. The summed E-state index contributed by atoms with van der Waals surface area (Å²) in [7, 11) is 0. The van der Waals surface area contributed by atoms with E-state index in [4.69, 9.17) is 9.72 Å². The van der Waals surface area contributed by atoms with Crippen molar-refractivity contribution in [3.63, 3.8) is 0 Å². The van der Waals surface area contributed by atoms with Crippen molar-refractivity contribution in [1.82, 2.24) is 19.9 Å². The molecule has 1 aromatic carbocycles. The van der Waals surface area contributed by atoms with Gasteiger partial charge in [0.05, 0.1) is 24.2 Å². The third-order valence-electron chi connectivity index (χ3n) is 6.04. The molecular weight excluding hydrogens is 450 g/mol. The molecule has 0 amide bonds. The van der Waals surface area contributed by atoms with Crippen LogP contribution in [0.25, 0.3) is 10.9 Å². The third kappa shape index (κ3) is 6.38. The number of aromatic amines is 1. The van der Waals surface area contributed by atoms with Gasteiger partial charge < -0.3 is 14.6 Å². The molecule has 188 valence electrons. The van der Waals surface area contributed by atoms with E-state index in [2.05, 4.69) is 70.2 Å². The Morgan fingerprint density at radius 2 is 1.89 bits per heavy atom. The molecule has 0 saturated heterocycles. The summed E-state index contributed by atoms with van der Waals surface area (Å²) in [6, 6.07) is 14.4. The number of hydrogen-bond acceptors (Lipinski definition) is 7. The van der Waals surface area contributed by atoms with Gasteiger partial charge in [-0.2, -0.15) is 15.1 Å². The Hall–Kier alpha value is -3.94. The van der Waals surface area contributed by atoms with E-state index in [1.807, 2.05) is 30.3 Å². The summed E-state index contributed by atoms with van der Waals surface area (Å²) in [5, 5.41) is 5.65. The summed E-state index contributed by atoms with van der Waals surface area (Å²) in [6.45, 7) is 10.8. The molecule has 0 aliphatic rings. The normalized spacial score (nSPS) is 11.3. The number of H-pyrrole nitrogens is 1. The highest BCUT2D eigenvalue weighted by molar-refractivity contribution is 5.87. The molecule has 0 aliphatic carbocycles. The Labute approximate surface area is 212 Å². The van der Waals surface area contributed by atoms with E-state index in [0.717, 1.165) is 48.6 Å². The lowest BCUT2D eigenvalue weighted by molar-refractivity contribution is 0.295. The van der Waals surface area contributed by atoms with Gasteiger partial charge in [-0.1, -0.05) is 19.9 Å². The van der Waals surface area contributed by atoms with Crippen LogP contribution in [0.1, 0.15) is 49.3 Å². The van der Waals surface area contributed by atoms with Crippen LogP contribution in [0.2, 0.25) is 0 Å². The average molecular weight is 486 g/mol. The molecule has 4 aromatic rings. The average Bonchev–Trinajstić information content (AvgIpc) is 3.17. The van der Waals surface area contributed by atoms with Gasteiger partial charge in [0.2, 0.25) is 0 Å². The number of hydrazone groups is 1. The fourth-order valence-electron chi connectivity index (χ4n) is 4.10. The largest absolute Gasteiger partial charge is 0.463 e. The number of ether oxygens (including phenoxy) is 1. The van der Waals surface area contributed by atoms with Crippen molar-refractivity contribution >= 4 is 28.6 Å². The number of hydrogen-bond donors (Lipinski definition) is 2. The Morgan fingerprint density at radius 3 is 2.64 bits per heavy atom. The lowest BCUT2D eigenvalue weighted by Crippen LogP contribution is -2.26. The number of anilines is 2. The maximum Gasteiger partial charge on any atom is 0.318 e. The van der Waals surface area contributed by atoms with Gasteiger partial charge in [-0.15, -0.1) is 0 Å². The number of nitrogens with one attached hydrogen (secondary N) is 2. The summed E-state index contributed by atoms with van der Waals surface area (Å²) < 4.78 is 5.95. The molecule has 0 spiro atoms. The maximum absolute atomic E-state index is 5.95. The molecule has 0 atom stereocenters. The van der Waals surface area contributed by atoms with Crippen LogP contribution in [-0.4, -0.2) is 45.8 Å². The number of rotatable bonds is 12. The zero-order valence-corrected chi connectivity index (χ0v) is 21.6. The van der Waals surface area contributed by atoms with Gasteiger partial charge in [-0.3, -0.25) is 10.4 Å². The topological polar surface area (TPSA) is 91.3 Å². The first-order valence-electron chi connectivity index (χ1n) is 12.6. The summed E-state index contributed by atoms with van der Waals surface area (Å²) in [5.41, 5.74) is 9.27. The molecule has 8 nitrogen and oxygen atoms in total. The van der Waals surface area contributed by atoms with E-state index in [-0.39, 0.29) is 0 Å². The highest BCUT2D eigenvalue weighted by atomic mass is 16.5. The van der Waals surface area contributed by atoms with Gasteiger partial charge in [-0.05, 0) is 62.6 Å². The van der Waals surface area contributed by atoms with Crippen molar-refractivity contribution in [2.24, 2.45) is 5.10 Å². The van der Waals surface area contributed by atoms with Gasteiger partial charge in [0.15, 0.2) is 0 Å². The first-order chi connectivity index (χ1) is 17.6. The molecule has 2 N–H and O–H groups in total. The van der Waals surface area contributed by atoms with E-state index in [9.17, 15) is 0 Å². The van der Waals surface area contributed by atoms with Crippen LogP contribution in [0.5, 0.6) is 6.01 Å². The number of aryl methyl sites for hydroxylation is 2. The van der Waals surface area contributed by atoms with E-state index >= 15 is 0 Å². The van der Waals surface area contributed by atoms with Crippen molar-refractivity contribution in [2.45, 2.75) is 47.0 Å². The number of fused-ring (bicyclic) bond motifs is 1. The van der Waals surface area contributed by atoms with E-state index in [0.29, 0.717) is 24.7 Å². The zero-order chi connectivity index (χ0) is 25.3. The minimum Gasteiger partial charge on any atom is -0.463 e. The van der Waals surface area contributed by atoms with Crippen molar-refractivity contribution in [3.05, 3.63) is 71.3 Å². The molecule has 0 fully saturated rings. The van der Waals surface area contributed by atoms with Gasteiger partial charge in [0.25, 0.3) is 0 Å². The molecule has 4 rings (SSSR count). The first kappa shape index (κ1) is 25.2. The molecule has 3 aromatic heterocycles. The van der Waals surface area contributed by atoms with Gasteiger partial charge >= 0.3 is 6.01 Å². The summed E-state index contributed by atoms with van der Waals surface area (Å²) in [5.74, 6) is 0.850. The minimum absolute atomic E-state index is 0.349. The van der Waals surface area contributed by atoms with E-state index in [1.165, 1.54) is 16.6 Å². The molecule has 8 heteroatoms. The Balaban J connectivity index is 1.52. The molecule has 0 aliphatic heterocycles. The van der Waals surface area contributed by atoms with Crippen LogP contribution in [0, 0.1) is 13.8 Å². The predicted octanol–water partition coefficient (Wildman–Crippen LogP) is 5.66. The molecule has 0 bridgehead atoms. The van der Waals surface area contributed by atoms with Gasteiger partial charge in [-0.25, -0.2) is 0 Å². The van der Waals surface area contributed by atoms with Crippen LogP contribution in [0.4, 0.5) is 11.5 Å². The van der Waals surface area contributed by atoms with Crippen LogP contribution in [0.3, 0.4) is 0 Å². The minimum atomic E-state index is 0.349. The number of aromatic nitrogens is 4. The van der Waals surface area contributed by atoms with Crippen molar-refractivity contribution in [3.8, 4) is 6.01 Å². The smallest absolute Gasteiger partial charge is 0.318 e. The standard InChI is InChI=1S/C28H35N7O/c1-5-14-35(15-6-2)27-18-24(32-28(33-27)36-16-12-22-9-7-8-13-29-22)19-30-34-23-10-11-26-25(17-23)20(3)21(4)31-26/h7-11,13,17-19,31,34H,5-6,12,14-16H2,1-4H3/b30-19+. The molecule has 3 heterocycles. The van der Waals surface area contributed by atoms with Crippen molar-refractivity contribution < 1.29 is 4.74 Å². The lowest BCUT2D eigenvalue weighted by atomic mass is 10.1. The SMILES string of the molecule is CCCN(CCC)c1cc(/C=N/Nc2ccc3[nH]c(C)c(C)c3c2)nc(OCCc2ccccn2)n1. The Kier molecular flexibility index (Phi) is 8.49. The number of benzene rings is 1. The Morgan fingerprint density at radius 1 is 1.06 bits per heavy atom. The highest BCUT2D eigenvalue weighted by Gasteiger charge is 2.12. The first-order valence-corrected chi connectivity index (χ1v) is 12.6. The second kappa shape index (κ2) is 12.2. The summed E-state index contributed by atoms with van der Waals surface area (Å²) in [4.78, 5) is 19.3. The van der Waals surface area contributed by atoms with Crippen LogP contribution >= 0.6 is 0 Å². The van der Waals surface area contributed by atoms with Gasteiger partial charge in [0.1, 0.15) is 5.82 Å². The molecule has 36 heavy (non-hydrogen) atoms. The fraction of sp³-hybridized carbons (Fsp3) is 0.357. The Bertz CT molecular complexity index is 1290. The summed E-state index contributed by atoms with van der Waals surface area (Å²) >= 11 is 0. The monoisotopic (exact) mass is 485 g/mol. The predicted molar refractivity (Wildman–Crippen MR) is 147 cm³/mol. The second-order valence-electron chi connectivity index (χ2n) is 8.85. The number of pyridine rings is 1. The van der Waals surface area contributed by atoms with Crippen molar-refractivity contribution in [1.29, 1.82) is 0 Å². The molecule has 0 radical (unpaired) electrons. The lowest BCUT2D eigenvalue weighted by Gasteiger charge is -2.23. The summed E-state index contributed by atoms with van der Waals surface area (Å²) in [6.07, 6.45) is 6.26.